The number of unbranched alkanes of at least 4 members (excludes halogenated alkanes) is 1. The van der Waals surface area contributed by atoms with Crippen LogP contribution in [0, 0.1) is 5.82 Å². The Bertz CT molecular complexity index is 355. The molecule has 4 heteroatoms. The first-order valence-electron chi connectivity index (χ1n) is 5.86. The van der Waals surface area contributed by atoms with E-state index in [0.29, 0.717) is 24.9 Å². The summed E-state index contributed by atoms with van der Waals surface area (Å²) in [5.41, 5.74) is 0.713. The summed E-state index contributed by atoms with van der Waals surface area (Å²) in [6.45, 7) is 1.50. The van der Waals surface area contributed by atoms with Crippen LogP contribution in [0.3, 0.4) is 0 Å². The van der Waals surface area contributed by atoms with Crippen molar-refractivity contribution < 1.29 is 14.3 Å². The van der Waals surface area contributed by atoms with E-state index in [9.17, 15) is 9.18 Å². The van der Waals surface area contributed by atoms with Gasteiger partial charge in [-0.2, -0.15) is 0 Å². The van der Waals surface area contributed by atoms with Gasteiger partial charge in [-0.25, -0.2) is 4.39 Å². The molecular weight excluding hydrogens is 221 g/mol. The van der Waals surface area contributed by atoms with Gasteiger partial charge in [-0.3, -0.25) is 4.79 Å². The third-order valence-electron chi connectivity index (χ3n) is 2.52. The van der Waals surface area contributed by atoms with Crippen LogP contribution in [0.25, 0.3) is 0 Å². The van der Waals surface area contributed by atoms with Crippen LogP contribution in [-0.4, -0.2) is 24.2 Å². The predicted octanol–water partition coefficient (Wildman–Crippen LogP) is 2.21. The van der Waals surface area contributed by atoms with Crippen LogP contribution in [0.2, 0.25) is 0 Å². The van der Waals surface area contributed by atoms with E-state index >= 15 is 0 Å². The van der Waals surface area contributed by atoms with Crippen molar-refractivity contribution in [3.63, 3.8) is 0 Å². The molecule has 3 nitrogen and oxygen atoms in total. The number of benzene rings is 1. The van der Waals surface area contributed by atoms with Gasteiger partial charge in [0.25, 0.3) is 0 Å². The van der Waals surface area contributed by atoms with Crippen molar-refractivity contribution in [2.24, 2.45) is 0 Å². The number of hydrogen-bond acceptors (Lipinski definition) is 2. The maximum atomic E-state index is 13.2. The van der Waals surface area contributed by atoms with Gasteiger partial charge >= 0.3 is 5.97 Å². The molecule has 1 aromatic rings. The minimum Gasteiger partial charge on any atom is -0.481 e. The standard InChI is InChI=1S/C13H18FNO2/c14-12-6-2-1-5-11(12)8-10-15-9-4-3-7-13(16)17/h1-2,5-6,15H,3-4,7-10H2,(H,16,17). The fourth-order valence-corrected chi connectivity index (χ4v) is 1.58. The Balaban J connectivity index is 2.05. The van der Waals surface area contributed by atoms with Crippen LogP contribution in [0.4, 0.5) is 4.39 Å². The molecule has 17 heavy (non-hydrogen) atoms. The minimum absolute atomic E-state index is 0.167. The molecule has 0 aliphatic rings. The van der Waals surface area contributed by atoms with Crippen molar-refractivity contribution in [3.05, 3.63) is 35.6 Å². The summed E-state index contributed by atoms with van der Waals surface area (Å²) in [6.07, 6.45) is 2.40. The largest absolute Gasteiger partial charge is 0.481 e. The van der Waals surface area contributed by atoms with Crippen LogP contribution in [0.1, 0.15) is 24.8 Å². The maximum Gasteiger partial charge on any atom is 0.303 e. The molecule has 0 spiro atoms. The van der Waals surface area contributed by atoms with Crippen LogP contribution in [-0.2, 0) is 11.2 Å². The summed E-state index contributed by atoms with van der Waals surface area (Å²) in [5.74, 6) is -0.920. The first-order chi connectivity index (χ1) is 8.20. The summed E-state index contributed by atoms with van der Waals surface area (Å²) in [5, 5.41) is 11.6. The van der Waals surface area contributed by atoms with E-state index in [0.717, 1.165) is 13.0 Å². The Hall–Kier alpha value is -1.42. The average Bonchev–Trinajstić information content (AvgIpc) is 2.30. The third kappa shape index (κ3) is 6.02. The van der Waals surface area contributed by atoms with Crippen LogP contribution >= 0.6 is 0 Å². The molecule has 0 heterocycles. The molecule has 0 fully saturated rings. The van der Waals surface area contributed by atoms with Crippen molar-refractivity contribution in [2.45, 2.75) is 25.7 Å². The quantitative estimate of drug-likeness (QED) is 0.684. The molecule has 0 unspecified atom stereocenters. The van der Waals surface area contributed by atoms with Gasteiger partial charge in [0.15, 0.2) is 0 Å². The molecular formula is C13H18FNO2. The highest BCUT2D eigenvalue weighted by atomic mass is 19.1. The minimum atomic E-state index is -0.753. The number of carboxylic acids is 1. The number of halogens is 1. The van der Waals surface area contributed by atoms with Crippen LogP contribution in [0.5, 0.6) is 0 Å². The molecule has 1 rings (SSSR count). The highest BCUT2D eigenvalue weighted by Gasteiger charge is 2.00. The van der Waals surface area contributed by atoms with Gasteiger partial charge in [0.2, 0.25) is 0 Å². The molecule has 94 valence electrons. The lowest BCUT2D eigenvalue weighted by Crippen LogP contribution is -2.19. The molecule has 0 amide bonds. The zero-order valence-corrected chi connectivity index (χ0v) is 9.79. The lowest BCUT2D eigenvalue weighted by atomic mass is 10.1. The number of carbonyl (C=O) groups is 1. The van der Waals surface area contributed by atoms with Crippen molar-refractivity contribution in [2.75, 3.05) is 13.1 Å². The van der Waals surface area contributed by atoms with Gasteiger partial charge in [-0.05, 0) is 44.0 Å². The van der Waals surface area contributed by atoms with E-state index in [1.807, 2.05) is 6.07 Å². The predicted molar refractivity (Wildman–Crippen MR) is 64.5 cm³/mol. The molecule has 0 saturated carbocycles. The molecule has 0 aliphatic heterocycles. The Morgan fingerprint density at radius 3 is 2.71 bits per heavy atom. The molecule has 0 aromatic heterocycles. The van der Waals surface area contributed by atoms with Gasteiger partial charge in [0.05, 0.1) is 0 Å². The third-order valence-corrected chi connectivity index (χ3v) is 2.52. The summed E-state index contributed by atoms with van der Waals surface area (Å²) < 4.78 is 13.2. The van der Waals surface area contributed by atoms with Crippen molar-refractivity contribution >= 4 is 5.97 Å². The topological polar surface area (TPSA) is 49.3 Å². The van der Waals surface area contributed by atoms with E-state index in [1.165, 1.54) is 6.07 Å². The maximum absolute atomic E-state index is 13.2. The van der Waals surface area contributed by atoms with E-state index in [2.05, 4.69) is 5.32 Å². The summed E-state index contributed by atoms with van der Waals surface area (Å²) in [4.78, 5) is 10.2. The number of hydrogen-bond donors (Lipinski definition) is 2. The molecule has 1 aromatic carbocycles. The molecule has 0 radical (unpaired) electrons. The van der Waals surface area contributed by atoms with E-state index in [-0.39, 0.29) is 12.2 Å². The first-order valence-corrected chi connectivity index (χ1v) is 5.86. The second kappa shape index (κ2) is 7.79. The number of carboxylic acid groups (broad SMARTS) is 1. The van der Waals surface area contributed by atoms with E-state index in [4.69, 9.17) is 5.11 Å². The molecule has 0 bridgehead atoms. The van der Waals surface area contributed by atoms with Crippen LogP contribution < -0.4 is 5.32 Å². The Morgan fingerprint density at radius 1 is 1.24 bits per heavy atom. The van der Waals surface area contributed by atoms with Gasteiger partial charge in [-0.1, -0.05) is 18.2 Å². The van der Waals surface area contributed by atoms with Crippen molar-refractivity contribution in [1.29, 1.82) is 0 Å². The Kier molecular flexibility index (Phi) is 6.25. The van der Waals surface area contributed by atoms with Crippen LogP contribution in [0.15, 0.2) is 24.3 Å². The fraction of sp³-hybridized carbons (Fsp3) is 0.462. The smallest absolute Gasteiger partial charge is 0.303 e. The highest BCUT2D eigenvalue weighted by molar-refractivity contribution is 5.66. The van der Waals surface area contributed by atoms with Gasteiger partial charge in [-0.15, -0.1) is 0 Å². The van der Waals surface area contributed by atoms with Gasteiger partial charge in [0, 0.05) is 6.42 Å². The fourth-order valence-electron chi connectivity index (χ4n) is 1.58. The SMILES string of the molecule is O=C(O)CCCCNCCc1ccccc1F. The summed E-state index contributed by atoms with van der Waals surface area (Å²) >= 11 is 0. The Labute approximate surface area is 101 Å². The zero-order valence-electron chi connectivity index (χ0n) is 9.79. The van der Waals surface area contributed by atoms with E-state index < -0.39 is 5.97 Å². The second-order valence-corrected chi connectivity index (χ2v) is 3.94. The van der Waals surface area contributed by atoms with E-state index in [1.54, 1.807) is 12.1 Å². The number of aliphatic carboxylic acids is 1. The molecule has 0 atom stereocenters. The molecule has 2 N–H and O–H groups in total. The van der Waals surface area contributed by atoms with Gasteiger partial charge < -0.3 is 10.4 Å². The number of nitrogens with one attached hydrogen (secondary N) is 1. The monoisotopic (exact) mass is 239 g/mol. The lowest BCUT2D eigenvalue weighted by Gasteiger charge is -2.05. The average molecular weight is 239 g/mol. The second-order valence-electron chi connectivity index (χ2n) is 3.94. The molecule has 0 aliphatic carbocycles. The number of rotatable bonds is 8. The van der Waals surface area contributed by atoms with Gasteiger partial charge in [0.1, 0.15) is 5.82 Å². The molecule has 0 saturated heterocycles. The normalized spacial score (nSPS) is 10.4. The highest BCUT2D eigenvalue weighted by Crippen LogP contribution is 2.06. The first kappa shape index (κ1) is 13.6. The summed E-state index contributed by atoms with van der Waals surface area (Å²) in [7, 11) is 0. The van der Waals surface area contributed by atoms with Crippen molar-refractivity contribution in [3.8, 4) is 0 Å². The Morgan fingerprint density at radius 2 is 2.00 bits per heavy atom. The lowest BCUT2D eigenvalue weighted by molar-refractivity contribution is -0.137. The summed E-state index contributed by atoms with van der Waals surface area (Å²) in [6, 6.07) is 6.74. The zero-order chi connectivity index (χ0) is 12.5. The van der Waals surface area contributed by atoms with Crippen molar-refractivity contribution in [1.82, 2.24) is 5.32 Å².